The van der Waals surface area contributed by atoms with Crippen molar-refractivity contribution in [3.8, 4) is 0 Å². The van der Waals surface area contributed by atoms with E-state index in [0.29, 0.717) is 0 Å². The van der Waals surface area contributed by atoms with Crippen molar-refractivity contribution in [1.29, 1.82) is 0 Å². The SMILES string of the molecule is CCc1nncn1CCNC(=NC)NCc1sc(C)nc1C.I. The van der Waals surface area contributed by atoms with Crippen LogP contribution >= 0.6 is 35.3 Å². The molecule has 2 aromatic rings. The zero-order chi connectivity index (χ0) is 15.9. The van der Waals surface area contributed by atoms with E-state index in [0.717, 1.165) is 48.5 Å². The van der Waals surface area contributed by atoms with E-state index in [2.05, 4.69) is 42.3 Å². The Bertz CT molecular complexity index is 635. The summed E-state index contributed by atoms with van der Waals surface area (Å²) in [5.41, 5.74) is 1.09. The van der Waals surface area contributed by atoms with Crippen molar-refractivity contribution in [3.63, 3.8) is 0 Å². The van der Waals surface area contributed by atoms with Crippen LogP contribution in [-0.4, -0.2) is 39.3 Å². The molecular weight excluding hydrogens is 425 g/mol. The van der Waals surface area contributed by atoms with Gasteiger partial charge in [0.25, 0.3) is 0 Å². The number of rotatable bonds is 6. The summed E-state index contributed by atoms with van der Waals surface area (Å²) in [6, 6.07) is 0. The lowest BCUT2D eigenvalue weighted by molar-refractivity contribution is 0.632. The van der Waals surface area contributed by atoms with Crippen molar-refractivity contribution in [2.45, 2.75) is 40.3 Å². The molecule has 0 bridgehead atoms. The Morgan fingerprint density at radius 1 is 1.35 bits per heavy atom. The van der Waals surface area contributed by atoms with Gasteiger partial charge in [0.1, 0.15) is 12.2 Å². The molecule has 0 aromatic carbocycles. The molecule has 0 aliphatic carbocycles. The van der Waals surface area contributed by atoms with Gasteiger partial charge in [-0.1, -0.05) is 6.92 Å². The van der Waals surface area contributed by atoms with Crippen LogP contribution in [0.1, 0.15) is 28.3 Å². The zero-order valence-corrected chi connectivity index (χ0v) is 17.1. The highest BCUT2D eigenvalue weighted by molar-refractivity contribution is 14.0. The Labute approximate surface area is 158 Å². The third-order valence-electron chi connectivity index (χ3n) is 3.30. The fourth-order valence-electron chi connectivity index (χ4n) is 2.16. The molecule has 2 aromatic heterocycles. The van der Waals surface area contributed by atoms with Gasteiger partial charge in [-0.3, -0.25) is 4.99 Å². The van der Waals surface area contributed by atoms with Gasteiger partial charge in [-0.25, -0.2) is 4.98 Å². The van der Waals surface area contributed by atoms with E-state index in [9.17, 15) is 0 Å². The fourth-order valence-corrected chi connectivity index (χ4v) is 3.03. The van der Waals surface area contributed by atoms with Gasteiger partial charge in [0.15, 0.2) is 5.96 Å². The molecule has 7 nitrogen and oxygen atoms in total. The molecule has 9 heteroatoms. The highest BCUT2D eigenvalue weighted by Crippen LogP contribution is 2.16. The number of halogens is 1. The quantitative estimate of drug-likeness (QED) is 0.400. The average molecular weight is 449 g/mol. The van der Waals surface area contributed by atoms with Crippen molar-refractivity contribution in [3.05, 3.63) is 27.7 Å². The third-order valence-corrected chi connectivity index (χ3v) is 4.37. The minimum atomic E-state index is 0. The van der Waals surface area contributed by atoms with Gasteiger partial charge in [-0.2, -0.15) is 0 Å². The van der Waals surface area contributed by atoms with Crippen LogP contribution < -0.4 is 10.6 Å². The summed E-state index contributed by atoms with van der Waals surface area (Å²) in [6.45, 7) is 8.46. The molecule has 2 heterocycles. The van der Waals surface area contributed by atoms with E-state index in [1.54, 1.807) is 24.7 Å². The molecule has 0 spiro atoms. The zero-order valence-electron chi connectivity index (χ0n) is 14.0. The normalized spacial score (nSPS) is 11.2. The minimum Gasteiger partial charge on any atom is -0.355 e. The molecule has 0 amide bonds. The van der Waals surface area contributed by atoms with Crippen LogP contribution in [-0.2, 0) is 19.5 Å². The Morgan fingerprint density at radius 3 is 2.74 bits per heavy atom. The van der Waals surface area contributed by atoms with E-state index in [1.807, 2.05) is 13.8 Å². The van der Waals surface area contributed by atoms with Crippen LogP contribution in [0, 0.1) is 13.8 Å². The second-order valence-corrected chi connectivity index (χ2v) is 6.18. The molecule has 2 N–H and O–H groups in total. The minimum absolute atomic E-state index is 0. The number of guanidine groups is 1. The first-order valence-corrected chi connectivity index (χ1v) is 8.19. The van der Waals surface area contributed by atoms with Crippen molar-refractivity contribution in [2.75, 3.05) is 13.6 Å². The van der Waals surface area contributed by atoms with E-state index < -0.39 is 0 Å². The molecule has 0 radical (unpaired) electrons. The summed E-state index contributed by atoms with van der Waals surface area (Å²) in [5.74, 6) is 1.79. The average Bonchev–Trinajstić information content (AvgIpc) is 3.08. The second-order valence-electron chi connectivity index (χ2n) is 4.89. The molecule has 2 rings (SSSR count). The van der Waals surface area contributed by atoms with Gasteiger partial charge < -0.3 is 15.2 Å². The third kappa shape index (κ3) is 5.72. The first kappa shape index (κ1) is 19.8. The van der Waals surface area contributed by atoms with Crippen LogP contribution in [0.2, 0.25) is 0 Å². The van der Waals surface area contributed by atoms with Crippen LogP contribution in [0.5, 0.6) is 0 Å². The fraction of sp³-hybridized carbons (Fsp3) is 0.571. The number of thiazole rings is 1. The first-order chi connectivity index (χ1) is 10.6. The molecule has 0 saturated heterocycles. The number of hydrogen-bond acceptors (Lipinski definition) is 5. The monoisotopic (exact) mass is 449 g/mol. The Morgan fingerprint density at radius 2 is 2.13 bits per heavy atom. The maximum Gasteiger partial charge on any atom is 0.191 e. The summed E-state index contributed by atoms with van der Waals surface area (Å²) < 4.78 is 2.05. The lowest BCUT2D eigenvalue weighted by Crippen LogP contribution is -2.38. The smallest absolute Gasteiger partial charge is 0.191 e. The Balaban J connectivity index is 0.00000264. The van der Waals surface area contributed by atoms with Gasteiger partial charge in [0.05, 0.1) is 17.2 Å². The van der Waals surface area contributed by atoms with Gasteiger partial charge in [0.2, 0.25) is 0 Å². The molecule has 0 saturated carbocycles. The van der Waals surface area contributed by atoms with Crippen molar-refractivity contribution in [2.24, 2.45) is 4.99 Å². The van der Waals surface area contributed by atoms with E-state index in [-0.39, 0.29) is 24.0 Å². The lowest BCUT2D eigenvalue weighted by atomic mass is 10.4. The number of hydrogen-bond donors (Lipinski definition) is 2. The van der Waals surface area contributed by atoms with E-state index in [4.69, 9.17) is 0 Å². The molecule has 0 atom stereocenters. The summed E-state index contributed by atoms with van der Waals surface area (Å²) in [4.78, 5) is 9.91. The largest absolute Gasteiger partial charge is 0.355 e. The number of aryl methyl sites for hydroxylation is 3. The molecule has 0 aliphatic heterocycles. The molecule has 0 unspecified atom stereocenters. The predicted octanol–water partition coefficient (Wildman–Crippen LogP) is 1.90. The highest BCUT2D eigenvalue weighted by atomic mass is 127. The van der Waals surface area contributed by atoms with Crippen LogP contribution in [0.25, 0.3) is 0 Å². The van der Waals surface area contributed by atoms with Crippen LogP contribution in [0.4, 0.5) is 0 Å². The van der Waals surface area contributed by atoms with Crippen molar-refractivity contribution < 1.29 is 0 Å². The number of aromatic nitrogens is 4. The first-order valence-electron chi connectivity index (χ1n) is 7.38. The molecule has 0 aliphatic rings. The van der Waals surface area contributed by atoms with E-state index in [1.165, 1.54) is 4.88 Å². The Kier molecular flexibility index (Phi) is 8.45. The molecular formula is C14H24IN7S. The van der Waals surface area contributed by atoms with Crippen LogP contribution in [0.15, 0.2) is 11.3 Å². The van der Waals surface area contributed by atoms with E-state index >= 15 is 0 Å². The summed E-state index contributed by atoms with van der Waals surface area (Å²) >= 11 is 1.72. The number of nitrogens with one attached hydrogen (secondary N) is 2. The van der Waals surface area contributed by atoms with Crippen molar-refractivity contribution in [1.82, 2.24) is 30.4 Å². The van der Waals surface area contributed by atoms with Gasteiger partial charge in [-0.15, -0.1) is 45.5 Å². The van der Waals surface area contributed by atoms with Gasteiger partial charge >= 0.3 is 0 Å². The molecule has 128 valence electrons. The lowest BCUT2D eigenvalue weighted by Gasteiger charge is -2.12. The predicted molar refractivity (Wildman–Crippen MR) is 105 cm³/mol. The Hall–Kier alpha value is -1.23. The standard InChI is InChI=1S/C14H23N7S.HI/c1-5-13-20-18-9-21(13)7-6-16-14(15-4)17-8-12-10(2)19-11(3)22-12;/h9H,5-8H2,1-4H3,(H2,15,16,17);1H. The van der Waals surface area contributed by atoms with Crippen molar-refractivity contribution >= 4 is 41.3 Å². The molecule has 0 fully saturated rings. The summed E-state index contributed by atoms with van der Waals surface area (Å²) in [7, 11) is 1.77. The molecule has 23 heavy (non-hydrogen) atoms. The highest BCUT2D eigenvalue weighted by Gasteiger charge is 2.06. The van der Waals surface area contributed by atoms with Gasteiger partial charge in [-0.05, 0) is 13.8 Å². The maximum atomic E-state index is 4.43. The summed E-state index contributed by atoms with van der Waals surface area (Å²) in [6.07, 6.45) is 2.65. The maximum absolute atomic E-state index is 4.43. The van der Waals surface area contributed by atoms with Crippen LogP contribution in [0.3, 0.4) is 0 Å². The summed E-state index contributed by atoms with van der Waals surface area (Å²) in [5, 5.41) is 15.7. The number of aliphatic imine (C=N–C) groups is 1. The van der Waals surface area contributed by atoms with Gasteiger partial charge in [0, 0.05) is 31.4 Å². The number of nitrogens with zero attached hydrogens (tertiary/aromatic N) is 5. The topological polar surface area (TPSA) is 80.0 Å². The second kappa shape index (κ2) is 9.81.